The zero-order valence-corrected chi connectivity index (χ0v) is 9.91. The van der Waals surface area contributed by atoms with Gasteiger partial charge in [-0.15, -0.1) is 0 Å². The fourth-order valence-electron chi connectivity index (χ4n) is 1.96. The first-order valence-corrected chi connectivity index (χ1v) is 5.73. The monoisotopic (exact) mass is 273 g/mol. The first kappa shape index (κ1) is 9.60. The molecular weight excluding hydrogens is 266 g/mol. The fraction of sp³-hybridized carbons (Fsp3) is 0. The van der Waals surface area contributed by atoms with Crippen LogP contribution in [0.1, 0.15) is 10.4 Å². The molecule has 0 amide bonds. The number of hydrogen-bond acceptors (Lipinski definition) is 1. The largest absolute Gasteiger partial charge is 0.355 e. The molecule has 1 N–H and O–H groups in total. The summed E-state index contributed by atoms with van der Waals surface area (Å²) in [6, 6.07) is 11.8. The van der Waals surface area contributed by atoms with Crippen molar-refractivity contribution < 1.29 is 4.79 Å². The highest BCUT2D eigenvalue weighted by atomic mass is 79.9. The summed E-state index contributed by atoms with van der Waals surface area (Å²) in [7, 11) is 0. The van der Waals surface area contributed by atoms with Gasteiger partial charge in [-0.05, 0) is 36.4 Å². The third kappa shape index (κ3) is 1.36. The molecule has 0 aliphatic carbocycles. The number of nitrogens with one attached hydrogen (secondary N) is 1. The van der Waals surface area contributed by atoms with E-state index < -0.39 is 0 Å². The Labute approximate surface area is 100 Å². The summed E-state index contributed by atoms with van der Waals surface area (Å²) in [5.74, 6) is 0. The number of aromatic nitrogens is 1. The molecule has 0 saturated carbocycles. The number of rotatable bonds is 1. The molecule has 1 heterocycles. The van der Waals surface area contributed by atoms with Gasteiger partial charge in [0.05, 0.1) is 0 Å². The molecule has 16 heavy (non-hydrogen) atoms. The van der Waals surface area contributed by atoms with E-state index >= 15 is 0 Å². The second-order valence-corrected chi connectivity index (χ2v) is 4.65. The molecule has 0 saturated heterocycles. The van der Waals surface area contributed by atoms with E-state index in [1.165, 1.54) is 0 Å². The summed E-state index contributed by atoms with van der Waals surface area (Å²) >= 11 is 3.46. The van der Waals surface area contributed by atoms with Crippen molar-refractivity contribution in [3.8, 4) is 0 Å². The van der Waals surface area contributed by atoms with E-state index in [1.54, 1.807) is 0 Å². The highest BCUT2D eigenvalue weighted by molar-refractivity contribution is 9.10. The van der Waals surface area contributed by atoms with Crippen LogP contribution in [0.15, 0.2) is 40.9 Å². The second kappa shape index (κ2) is 3.46. The van der Waals surface area contributed by atoms with Gasteiger partial charge < -0.3 is 4.98 Å². The highest BCUT2D eigenvalue weighted by Crippen LogP contribution is 2.28. The Morgan fingerprint density at radius 1 is 1.00 bits per heavy atom. The Balaban J connectivity index is 2.49. The van der Waals surface area contributed by atoms with Crippen LogP contribution in [0.4, 0.5) is 0 Å². The highest BCUT2D eigenvalue weighted by Gasteiger charge is 2.05. The van der Waals surface area contributed by atoms with Gasteiger partial charge in [0.1, 0.15) is 6.29 Å². The van der Waals surface area contributed by atoms with Crippen molar-refractivity contribution in [3.05, 3.63) is 46.4 Å². The van der Waals surface area contributed by atoms with Gasteiger partial charge in [0, 0.05) is 31.8 Å². The SMILES string of the molecule is O=Cc1ccc2[nH]c3ccc(Br)cc3c2c1. The Morgan fingerprint density at radius 2 is 1.69 bits per heavy atom. The lowest BCUT2D eigenvalue weighted by atomic mass is 10.1. The van der Waals surface area contributed by atoms with Crippen molar-refractivity contribution in [2.24, 2.45) is 0 Å². The number of carbonyl (C=O) groups is 1. The molecule has 2 aromatic carbocycles. The lowest BCUT2D eigenvalue weighted by Gasteiger charge is -1.93. The number of aldehydes is 1. The first-order chi connectivity index (χ1) is 7.78. The minimum Gasteiger partial charge on any atom is -0.355 e. The predicted octanol–water partition coefficient (Wildman–Crippen LogP) is 3.90. The van der Waals surface area contributed by atoms with Gasteiger partial charge in [0.25, 0.3) is 0 Å². The molecule has 0 unspecified atom stereocenters. The number of carbonyl (C=O) groups excluding carboxylic acids is 1. The number of fused-ring (bicyclic) bond motifs is 3. The molecule has 78 valence electrons. The van der Waals surface area contributed by atoms with Crippen LogP contribution in [-0.2, 0) is 0 Å². The third-order valence-electron chi connectivity index (χ3n) is 2.72. The number of benzene rings is 2. The van der Waals surface area contributed by atoms with Gasteiger partial charge in [-0.2, -0.15) is 0 Å². The Bertz CT molecular complexity index is 700. The van der Waals surface area contributed by atoms with Crippen molar-refractivity contribution in [2.75, 3.05) is 0 Å². The first-order valence-electron chi connectivity index (χ1n) is 4.94. The molecular formula is C13H8BrNO. The van der Waals surface area contributed by atoms with Crippen LogP contribution < -0.4 is 0 Å². The summed E-state index contributed by atoms with van der Waals surface area (Å²) < 4.78 is 1.04. The maximum atomic E-state index is 10.8. The van der Waals surface area contributed by atoms with E-state index in [2.05, 4.69) is 27.0 Å². The van der Waals surface area contributed by atoms with Gasteiger partial charge in [0.15, 0.2) is 0 Å². The van der Waals surface area contributed by atoms with E-state index in [0.29, 0.717) is 5.56 Å². The third-order valence-corrected chi connectivity index (χ3v) is 3.21. The Kier molecular flexibility index (Phi) is 2.07. The van der Waals surface area contributed by atoms with E-state index in [0.717, 1.165) is 32.6 Å². The Hall–Kier alpha value is -1.61. The van der Waals surface area contributed by atoms with Crippen molar-refractivity contribution in [1.29, 1.82) is 0 Å². The van der Waals surface area contributed by atoms with Crippen LogP contribution in [0.2, 0.25) is 0 Å². The van der Waals surface area contributed by atoms with Crippen LogP contribution in [0, 0.1) is 0 Å². The molecule has 3 rings (SSSR count). The second-order valence-electron chi connectivity index (χ2n) is 3.74. The molecule has 3 heteroatoms. The van der Waals surface area contributed by atoms with E-state index in [1.807, 2.05) is 30.3 Å². The van der Waals surface area contributed by atoms with Crippen LogP contribution >= 0.6 is 15.9 Å². The van der Waals surface area contributed by atoms with Gasteiger partial charge in [0.2, 0.25) is 0 Å². The predicted molar refractivity (Wildman–Crippen MR) is 68.9 cm³/mol. The minimum atomic E-state index is 0.702. The quantitative estimate of drug-likeness (QED) is 0.671. The number of halogens is 1. The van der Waals surface area contributed by atoms with Crippen LogP contribution in [-0.4, -0.2) is 11.3 Å². The van der Waals surface area contributed by atoms with Gasteiger partial charge >= 0.3 is 0 Å². The zero-order chi connectivity index (χ0) is 11.1. The van der Waals surface area contributed by atoms with Crippen molar-refractivity contribution in [1.82, 2.24) is 4.98 Å². The maximum absolute atomic E-state index is 10.8. The lowest BCUT2D eigenvalue weighted by molar-refractivity contribution is 0.112. The topological polar surface area (TPSA) is 32.9 Å². The molecule has 0 spiro atoms. The zero-order valence-electron chi connectivity index (χ0n) is 8.33. The molecule has 0 aliphatic heterocycles. The van der Waals surface area contributed by atoms with Gasteiger partial charge in [-0.25, -0.2) is 0 Å². The smallest absolute Gasteiger partial charge is 0.150 e. The summed E-state index contributed by atoms with van der Waals surface area (Å²) in [6.45, 7) is 0. The van der Waals surface area contributed by atoms with Crippen LogP contribution in [0.5, 0.6) is 0 Å². The molecule has 2 nitrogen and oxygen atoms in total. The van der Waals surface area contributed by atoms with Gasteiger partial charge in [-0.1, -0.05) is 15.9 Å². The van der Waals surface area contributed by atoms with E-state index in [9.17, 15) is 4.79 Å². The molecule has 0 aliphatic rings. The van der Waals surface area contributed by atoms with E-state index in [-0.39, 0.29) is 0 Å². The molecule has 0 bridgehead atoms. The summed E-state index contributed by atoms with van der Waals surface area (Å²) in [4.78, 5) is 14.1. The van der Waals surface area contributed by atoms with Crippen molar-refractivity contribution in [3.63, 3.8) is 0 Å². The average Bonchev–Trinajstić information content (AvgIpc) is 2.66. The number of hydrogen-bond donors (Lipinski definition) is 1. The standard InChI is InChI=1S/C13H8BrNO/c14-9-2-4-13-11(6-9)10-5-8(7-16)1-3-12(10)15-13/h1-7,15H. The van der Waals surface area contributed by atoms with Crippen LogP contribution in [0.25, 0.3) is 21.8 Å². The maximum Gasteiger partial charge on any atom is 0.150 e. The molecule has 1 aromatic heterocycles. The van der Waals surface area contributed by atoms with Gasteiger partial charge in [-0.3, -0.25) is 4.79 Å². The molecule has 3 aromatic rings. The molecule has 0 fully saturated rings. The summed E-state index contributed by atoms with van der Waals surface area (Å²) in [5.41, 5.74) is 2.84. The van der Waals surface area contributed by atoms with Crippen molar-refractivity contribution >= 4 is 44.0 Å². The number of H-pyrrole nitrogens is 1. The average molecular weight is 274 g/mol. The molecule has 0 radical (unpaired) electrons. The normalized spacial score (nSPS) is 11.1. The number of aromatic amines is 1. The summed E-state index contributed by atoms with van der Waals surface area (Å²) in [5, 5.41) is 2.22. The van der Waals surface area contributed by atoms with Crippen molar-refractivity contribution in [2.45, 2.75) is 0 Å². The molecule has 0 atom stereocenters. The van der Waals surface area contributed by atoms with Crippen LogP contribution in [0.3, 0.4) is 0 Å². The fourth-order valence-corrected chi connectivity index (χ4v) is 2.32. The minimum absolute atomic E-state index is 0.702. The summed E-state index contributed by atoms with van der Waals surface area (Å²) in [6.07, 6.45) is 0.871. The van der Waals surface area contributed by atoms with E-state index in [4.69, 9.17) is 0 Å². The lowest BCUT2D eigenvalue weighted by Crippen LogP contribution is -1.77. The Morgan fingerprint density at radius 3 is 2.44 bits per heavy atom.